The lowest BCUT2D eigenvalue weighted by molar-refractivity contribution is -0.779. The number of rotatable bonds is 6. The minimum Gasteiger partial charge on any atom is -0.288 e. The third-order valence-corrected chi connectivity index (χ3v) is 6.03. The first-order valence-corrected chi connectivity index (χ1v) is 11.9. The van der Waals surface area contributed by atoms with Gasteiger partial charge in [-0.2, -0.15) is 0 Å². The maximum atomic E-state index is 13.2. The Balaban J connectivity index is 1.53. The first-order chi connectivity index (χ1) is 15.9. The standard InChI is InChI=1S/C23H20BrN5O3S/c1-15(2)28-13-21(32-27-28)26-20(30)14-33-23-25-19(12-16-7-6-8-17(24)11-16)22(31)29(23)18-9-4-3-5-10-18/h3-13,15H,14H2,1-2H3/p+1/b19-12+. The molecule has 0 fully saturated rings. The van der Waals surface area contributed by atoms with E-state index in [4.69, 9.17) is 4.52 Å². The third kappa shape index (κ3) is 5.58. The number of carbonyl (C=O) groups is 2. The highest BCUT2D eigenvalue weighted by atomic mass is 79.9. The number of benzene rings is 2. The SMILES string of the molecule is CC(C)[n+]1cc(NC(=O)CSC2=N/C(=C/c3cccc(Br)c3)C(=O)N2c2ccccc2)on1. The fraction of sp³-hybridized carbons (Fsp3) is 0.174. The molecule has 0 spiro atoms. The molecule has 1 aromatic heterocycles. The molecule has 0 saturated heterocycles. The van der Waals surface area contributed by atoms with E-state index in [9.17, 15) is 9.59 Å². The van der Waals surface area contributed by atoms with Gasteiger partial charge in [0.1, 0.15) is 5.70 Å². The van der Waals surface area contributed by atoms with E-state index in [0.717, 1.165) is 10.0 Å². The van der Waals surface area contributed by atoms with Crippen LogP contribution in [0.5, 0.6) is 0 Å². The maximum absolute atomic E-state index is 13.2. The quantitative estimate of drug-likeness (QED) is 0.379. The minimum absolute atomic E-state index is 0.0436. The van der Waals surface area contributed by atoms with E-state index in [2.05, 4.69) is 31.5 Å². The molecule has 168 valence electrons. The molecule has 2 amide bonds. The van der Waals surface area contributed by atoms with E-state index in [1.165, 1.54) is 16.7 Å². The number of aromatic nitrogens is 2. The number of carbonyl (C=O) groups excluding carboxylic acids is 2. The van der Waals surface area contributed by atoms with Gasteiger partial charge in [0.25, 0.3) is 12.1 Å². The molecule has 33 heavy (non-hydrogen) atoms. The lowest BCUT2D eigenvalue weighted by atomic mass is 10.2. The van der Waals surface area contributed by atoms with Gasteiger partial charge in [-0.05, 0) is 54.4 Å². The summed E-state index contributed by atoms with van der Waals surface area (Å²) in [6.07, 6.45) is 3.36. The van der Waals surface area contributed by atoms with Gasteiger partial charge in [-0.1, -0.05) is 58.0 Å². The second-order valence-corrected chi connectivity index (χ2v) is 9.29. The van der Waals surface area contributed by atoms with Crippen molar-refractivity contribution >= 4 is 62.3 Å². The van der Waals surface area contributed by atoms with Crippen LogP contribution in [0.1, 0.15) is 25.5 Å². The first kappa shape index (κ1) is 22.9. The maximum Gasteiger partial charge on any atom is 0.302 e. The molecule has 0 radical (unpaired) electrons. The van der Waals surface area contributed by atoms with Crippen molar-refractivity contribution in [3.05, 3.63) is 76.5 Å². The predicted molar refractivity (Wildman–Crippen MR) is 132 cm³/mol. The molecule has 8 nitrogen and oxygen atoms in total. The smallest absolute Gasteiger partial charge is 0.288 e. The van der Waals surface area contributed by atoms with Crippen molar-refractivity contribution in [3.8, 4) is 0 Å². The van der Waals surface area contributed by atoms with Crippen molar-refractivity contribution in [2.24, 2.45) is 4.99 Å². The molecule has 2 heterocycles. The van der Waals surface area contributed by atoms with Crippen LogP contribution in [0.4, 0.5) is 11.6 Å². The molecular weight excluding hydrogens is 506 g/mol. The highest BCUT2D eigenvalue weighted by Crippen LogP contribution is 2.29. The summed E-state index contributed by atoms with van der Waals surface area (Å²) < 4.78 is 7.65. The Morgan fingerprint density at radius 3 is 2.73 bits per heavy atom. The Bertz CT molecular complexity index is 1240. The molecule has 0 aliphatic carbocycles. The van der Waals surface area contributed by atoms with Crippen LogP contribution in [0.3, 0.4) is 0 Å². The predicted octanol–water partition coefficient (Wildman–Crippen LogP) is 4.42. The molecule has 1 aliphatic heterocycles. The minimum atomic E-state index is -0.292. The highest BCUT2D eigenvalue weighted by Gasteiger charge is 2.32. The number of amidine groups is 1. The van der Waals surface area contributed by atoms with Crippen molar-refractivity contribution in [2.75, 3.05) is 16.0 Å². The average molecular weight is 527 g/mol. The molecule has 0 atom stereocenters. The molecule has 4 rings (SSSR count). The third-order valence-electron chi connectivity index (χ3n) is 4.60. The molecule has 10 heteroatoms. The molecule has 0 saturated carbocycles. The number of thioether (sulfide) groups is 1. The Morgan fingerprint density at radius 1 is 1.24 bits per heavy atom. The van der Waals surface area contributed by atoms with Crippen molar-refractivity contribution < 1.29 is 18.8 Å². The molecule has 2 aromatic carbocycles. The summed E-state index contributed by atoms with van der Waals surface area (Å²) in [5, 5.41) is 6.96. The zero-order valence-electron chi connectivity index (χ0n) is 17.9. The van der Waals surface area contributed by atoms with Gasteiger partial charge in [0.2, 0.25) is 11.2 Å². The van der Waals surface area contributed by atoms with Crippen LogP contribution in [-0.4, -0.2) is 28.0 Å². The normalized spacial score (nSPS) is 14.8. The van der Waals surface area contributed by atoms with Crippen LogP contribution >= 0.6 is 27.7 Å². The van der Waals surface area contributed by atoms with E-state index >= 15 is 0 Å². The lowest BCUT2D eigenvalue weighted by Crippen LogP contribution is -2.37. The van der Waals surface area contributed by atoms with Crippen molar-refractivity contribution in [2.45, 2.75) is 19.9 Å². The van der Waals surface area contributed by atoms with Gasteiger partial charge >= 0.3 is 5.88 Å². The fourth-order valence-corrected chi connectivity index (χ4v) is 4.24. The first-order valence-electron chi connectivity index (χ1n) is 10.2. The van der Waals surface area contributed by atoms with Crippen LogP contribution in [-0.2, 0) is 9.59 Å². The molecule has 0 unspecified atom stereocenters. The summed E-state index contributed by atoms with van der Waals surface area (Å²) in [7, 11) is 0. The number of hydrogen-bond donors (Lipinski definition) is 1. The second kappa shape index (κ2) is 10.1. The van der Waals surface area contributed by atoms with Gasteiger partial charge in [0.05, 0.1) is 11.4 Å². The molecule has 0 bridgehead atoms. The number of aliphatic imine (C=N–C) groups is 1. The number of nitrogens with zero attached hydrogens (tertiary/aromatic N) is 4. The Hall–Kier alpha value is -3.24. The van der Waals surface area contributed by atoms with Crippen molar-refractivity contribution in [1.82, 2.24) is 5.27 Å². The van der Waals surface area contributed by atoms with Crippen molar-refractivity contribution in [1.29, 1.82) is 0 Å². The van der Waals surface area contributed by atoms with Gasteiger partial charge in [-0.3, -0.25) is 24.3 Å². The number of para-hydroxylation sites is 1. The number of halogens is 1. The molecule has 3 aromatic rings. The fourth-order valence-electron chi connectivity index (χ4n) is 3.01. The number of anilines is 2. The van der Waals surface area contributed by atoms with E-state index in [0.29, 0.717) is 16.6 Å². The van der Waals surface area contributed by atoms with Crippen molar-refractivity contribution in [3.63, 3.8) is 0 Å². The number of hydrogen-bond acceptors (Lipinski definition) is 6. The van der Waals surface area contributed by atoms with E-state index in [1.807, 2.05) is 68.4 Å². The monoisotopic (exact) mass is 526 g/mol. The van der Waals surface area contributed by atoms with Crippen LogP contribution in [0.15, 0.2) is 80.5 Å². The number of amides is 2. The van der Waals surface area contributed by atoms with E-state index in [1.54, 1.807) is 17.0 Å². The zero-order valence-corrected chi connectivity index (χ0v) is 20.3. The van der Waals surface area contributed by atoms with Crippen LogP contribution in [0, 0.1) is 0 Å². The molecule has 1 N–H and O–H groups in total. The number of nitrogens with one attached hydrogen (secondary N) is 1. The molecular formula is C23H21BrN5O3S+. The Kier molecular flexibility index (Phi) is 7.05. The second-order valence-electron chi connectivity index (χ2n) is 7.43. The van der Waals surface area contributed by atoms with Gasteiger partial charge < -0.3 is 0 Å². The Labute approximate surface area is 203 Å². The zero-order chi connectivity index (χ0) is 23.4. The lowest BCUT2D eigenvalue weighted by Gasteiger charge is -2.17. The van der Waals surface area contributed by atoms with E-state index in [-0.39, 0.29) is 29.5 Å². The van der Waals surface area contributed by atoms with Gasteiger partial charge in [-0.15, -0.1) is 0 Å². The summed E-state index contributed by atoms with van der Waals surface area (Å²) in [5.74, 6) is -0.243. The summed E-state index contributed by atoms with van der Waals surface area (Å²) in [6, 6.07) is 16.9. The molecule has 1 aliphatic rings. The summed E-state index contributed by atoms with van der Waals surface area (Å²) in [6.45, 7) is 3.91. The van der Waals surface area contributed by atoms with Gasteiger partial charge in [0.15, 0.2) is 11.2 Å². The summed E-state index contributed by atoms with van der Waals surface area (Å²) in [5.41, 5.74) is 1.82. The largest absolute Gasteiger partial charge is 0.302 e. The summed E-state index contributed by atoms with van der Waals surface area (Å²) in [4.78, 5) is 31.7. The van der Waals surface area contributed by atoms with Crippen LogP contribution in [0.25, 0.3) is 6.08 Å². The summed E-state index contributed by atoms with van der Waals surface area (Å²) >= 11 is 4.61. The van der Waals surface area contributed by atoms with Gasteiger partial charge in [0, 0.05) is 4.47 Å². The average Bonchev–Trinajstić information content (AvgIpc) is 3.38. The van der Waals surface area contributed by atoms with Crippen LogP contribution < -0.4 is 14.9 Å². The van der Waals surface area contributed by atoms with Crippen LogP contribution in [0.2, 0.25) is 0 Å². The van der Waals surface area contributed by atoms with E-state index < -0.39 is 0 Å². The highest BCUT2D eigenvalue weighted by molar-refractivity contribution is 9.10. The Morgan fingerprint density at radius 2 is 2.03 bits per heavy atom. The topological polar surface area (TPSA) is 91.7 Å². The van der Waals surface area contributed by atoms with Gasteiger partial charge in [-0.25, -0.2) is 4.99 Å².